The van der Waals surface area contributed by atoms with Crippen molar-refractivity contribution in [2.45, 2.75) is 46.1 Å². The SMILES string of the molecule is CCOC(=O)C1=C(C)N=c2s/c(=C\c3ccc(C(C)(C)C)cc3)c(=O)n2[C@H]1c1ccc(OC(=O)c2ccco2)cc1. The van der Waals surface area contributed by atoms with Crippen LogP contribution in [0.25, 0.3) is 6.08 Å². The number of allylic oxidation sites excluding steroid dienone is 1. The van der Waals surface area contributed by atoms with E-state index in [4.69, 9.17) is 13.9 Å². The zero-order chi connectivity index (χ0) is 29.3. The smallest absolute Gasteiger partial charge is 0.379 e. The lowest BCUT2D eigenvalue weighted by Gasteiger charge is -2.24. The number of esters is 2. The molecule has 0 bridgehead atoms. The van der Waals surface area contributed by atoms with Crippen molar-refractivity contribution in [3.05, 3.63) is 120 Å². The fourth-order valence-corrected chi connectivity index (χ4v) is 5.65. The van der Waals surface area contributed by atoms with E-state index in [1.807, 2.05) is 18.2 Å². The largest absolute Gasteiger partial charge is 0.463 e. The Hall–Kier alpha value is -4.50. The number of nitrogens with zero attached hydrogens (tertiary/aromatic N) is 2. The molecule has 0 saturated heterocycles. The summed E-state index contributed by atoms with van der Waals surface area (Å²) in [5, 5.41) is 0. The maximum atomic E-state index is 13.8. The Morgan fingerprint density at radius 3 is 2.37 bits per heavy atom. The van der Waals surface area contributed by atoms with Crippen LogP contribution in [0, 0.1) is 0 Å². The summed E-state index contributed by atoms with van der Waals surface area (Å²) in [7, 11) is 0. The van der Waals surface area contributed by atoms with Crippen LogP contribution in [0.5, 0.6) is 5.75 Å². The third-order valence-corrected chi connectivity index (χ3v) is 7.70. The van der Waals surface area contributed by atoms with Gasteiger partial charge in [-0.15, -0.1) is 0 Å². The molecular weight excluding hydrogens is 540 g/mol. The van der Waals surface area contributed by atoms with Crippen LogP contribution in [0.1, 0.15) is 67.9 Å². The molecular formula is C32H30N2O6S. The lowest BCUT2D eigenvalue weighted by atomic mass is 9.87. The van der Waals surface area contributed by atoms with E-state index in [2.05, 4.69) is 37.9 Å². The molecule has 9 heteroatoms. The van der Waals surface area contributed by atoms with Gasteiger partial charge in [-0.1, -0.05) is 68.5 Å². The summed E-state index contributed by atoms with van der Waals surface area (Å²) >= 11 is 1.27. The molecule has 5 rings (SSSR count). The number of carbonyl (C=O) groups excluding carboxylic acids is 2. The van der Waals surface area contributed by atoms with Crippen molar-refractivity contribution in [1.82, 2.24) is 4.57 Å². The van der Waals surface area contributed by atoms with Crippen molar-refractivity contribution in [2.24, 2.45) is 4.99 Å². The summed E-state index contributed by atoms with van der Waals surface area (Å²) in [6, 6.07) is 17.1. The van der Waals surface area contributed by atoms with Crippen molar-refractivity contribution >= 4 is 29.4 Å². The fraction of sp³-hybridized carbons (Fsp3) is 0.250. The van der Waals surface area contributed by atoms with Gasteiger partial charge in [0.15, 0.2) is 4.80 Å². The number of aromatic nitrogens is 1. The van der Waals surface area contributed by atoms with Crippen molar-refractivity contribution in [3.8, 4) is 5.75 Å². The van der Waals surface area contributed by atoms with Gasteiger partial charge in [0.25, 0.3) is 5.56 Å². The maximum absolute atomic E-state index is 13.8. The predicted octanol–water partition coefficient (Wildman–Crippen LogP) is 4.91. The summed E-state index contributed by atoms with van der Waals surface area (Å²) in [5.41, 5.74) is 3.24. The minimum Gasteiger partial charge on any atom is -0.463 e. The van der Waals surface area contributed by atoms with Crippen LogP contribution in [0.3, 0.4) is 0 Å². The van der Waals surface area contributed by atoms with Gasteiger partial charge >= 0.3 is 11.9 Å². The zero-order valence-electron chi connectivity index (χ0n) is 23.5. The van der Waals surface area contributed by atoms with Gasteiger partial charge in [-0.2, -0.15) is 0 Å². The van der Waals surface area contributed by atoms with Gasteiger partial charge in [-0.05, 0) is 66.3 Å². The summed E-state index contributed by atoms with van der Waals surface area (Å²) < 4.78 is 17.9. The fourth-order valence-electron chi connectivity index (χ4n) is 4.61. The van der Waals surface area contributed by atoms with Gasteiger partial charge in [0, 0.05) is 0 Å². The first-order valence-electron chi connectivity index (χ1n) is 13.2. The molecule has 3 heterocycles. The number of carbonyl (C=O) groups is 2. The Morgan fingerprint density at radius 1 is 1.05 bits per heavy atom. The van der Waals surface area contributed by atoms with Gasteiger partial charge in [-0.3, -0.25) is 9.36 Å². The predicted molar refractivity (Wildman–Crippen MR) is 156 cm³/mol. The molecule has 1 aliphatic rings. The minimum absolute atomic E-state index is 0.0194. The number of hydrogen-bond donors (Lipinski definition) is 0. The summed E-state index contributed by atoms with van der Waals surface area (Å²) in [6.45, 7) is 10.1. The van der Waals surface area contributed by atoms with Crippen LogP contribution in [-0.2, 0) is 14.9 Å². The molecule has 0 N–H and O–H groups in total. The first kappa shape index (κ1) is 28.0. The number of fused-ring (bicyclic) bond motifs is 1. The Bertz CT molecular complexity index is 1800. The molecule has 41 heavy (non-hydrogen) atoms. The molecule has 0 saturated carbocycles. The van der Waals surface area contributed by atoms with Crippen LogP contribution in [0.4, 0.5) is 0 Å². The van der Waals surface area contributed by atoms with E-state index in [1.54, 1.807) is 44.2 Å². The number of benzene rings is 2. The quantitative estimate of drug-likeness (QED) is 0.241. The van der Waals surface area contributed by atoms with E-state index in [9.17, 15) is 14.4 Å². The van der Waals surface area contributed by atoms with E-state index in [1.165, 1.54) is 33.8 Å². The number of thiazole rings is 1. The summed E-state index contributed by atoms with van der Waals surface area (Å²) in [5.74, 6) is -0.801. The molecule has 210 valence electrons. The van der Waals surface area contributed by atoms with Crippen LogP contribution < -0.4 is 19.6 Å². The second-order valence-electron chi connectivity index (χ2n) is 10.6. The number of hydrogen-bond acceptors (Lipinski definition) is 8. The highest BCUT2D eigenvalue weighted by atomic mass is 32.1. The van der Waals surface area contributed by atoms with Gasteiger partial charge in [-0.25, -0.2) is 14.6 Å². The van der Waals surface area contributed by atoms with Crippen molar-refractivity contribution in [2.75, 3.05) is 6.61 Å². The molecule has 0 aliphatic carbocycles. The van der Waals surface area contributed by atoms with Crippen LogP contribution in [0.2, 0.25) is 0 Å². The van der Waals surface area contributed by atoms with Crippen molar-refractivity contribution in [3.63, 3.8) is 0 Å². The van der Waals surface area contributed by atoms with Gasteiger partial charge in [0.2, 0.25) is 5.76 Å². The lowest BCUT2D eigenvalue weighted by molar-refractivity contribution is -0.139. The highest BCUT2D eigenvalue weighted by Gasteiger charge is 2.33. The molecule has 2 aromatic heterocycles. The van der Waals surface area contributed by atoms with Crippen LogP contribution in [-0.4, -0.2) is 23.1 Å². The van der Waals surface area contributed by atoms with Crippen LogP contribution in [0.15, 0.2) is 92.4 Å². The highest BCUT2D eigenvalue weighted by molar-refractivity contribution is 7.07. The lowest BCUT2D eigenvalue weighted by Crippen LogP contribution is -2.39. The third-order valence-electron chi connectivity index (χ3n) is 6.72. The van der Waals surface area contributed by atoms with E-state index < -0.39 is 18.0 Å². The van der Waals surface area contributed by atoms with Gasteiger partial charge in [0.1, 0.15) is 5.75 Å². The molecule has 1 aliphatic heterocycles. The van der Waals surface area contributed by atoms with Crippen molar-refractivity contribution in [1.29, 1.82) is 0 Å². The summed E-state index contributed by atoms with van der Waals surface area (Å²) in [4.78, 5) is 44.4. The minimum atomic E-state index is -0.773. The molecule has 2 aromatic carbocycles. The van der Waals surface area contributed by atoms with Gasteiger partial charge < -0.3 is 13.9 Å². The average molecular weight is 571 g/mol. The number of furan rings is 1. The topological polar surface area (TPSA) is 100 Å². The standard InChI is InChI=1S/C32H30N2O6S/c1-6-38-30(37)26-19(2)33-31-34(28(35)25(41-31)18-20-9-13-22(14-10-20)32(3,4)5)27(26)21-11-15-23(16-12-21)40-29(36)24-8-7-17-39-24/h7-18,27H,6H2,1-5H3/b25-18-/t27-/m0/s1. The Labute approximate surface area is 240 Å². The Balaban J connectivity index is 1.57. The second-order valence-corrected chi connectivity index (χ2v) is 11.6. The van der Waals surface area contributed by atoms with E-state index in [0.717, 1.165) is 5.56 Å². The van der Waals surface area contributed by atoms with Gasteiger partial charge in [0.05, 0.1) is 34.7 Å². The number of rotatable bonds is 6. The van der Waals surface area contributed by atoms with E-state index in [-0.39, 0.29) is 28.9 Å². The normalized spacial score (nSPS) is 15.3. The van der Waals surface area contributed by atoms with E-state index in [0.29, 0.717) is 26.3 Å². The molecule has 1 atom stereocenters. The molecule has 4 aromatic rings. The summed E-state index contributed by atoms with van der Waals surface area (Å²) in [6.07, 6.45) is 3.23. The Morgan fingerprint density at radius 2 is 1.76 bits per heavy atom. The van der Waals surface area contributed by atoms with Crippen molar-refractivity contribution < 1.29 is 23.5 Å². The van der Waals surface area contributed by atoms with Crippen LogP contribution >= 0.6 is 11.3 Å². The van der Waals surface area contributed by atoms with E-state index >= 15 is 0 Å². The monoisotopic (exact) mass is 570 g/mol. The highest BCUT2D eigenvalue weighted by Crippen LogP contribution is 2.32. The molecule has 8 nitrogen and oxygen atoms in total. The molecule has 0 fully saturated rings. The first-order valence-corrected chi connectivity index (χ1v) is 14.0. The molecule has 0 amide bonds. The molecule has 0 unspecified atom stereocenters. The average Bonchev–Trinajstić information content (AvgIpc) is 3.57. The number of ether oxygens (including phenoxy) is 2. The maximum Gasteiger partial charge on any atom is 0.379 e. The Kier molecular flexibility index (Phi) is 7.64. The zero-order valence-corrected chi connectivity index (χ0v) is 24.3. The third kappa shape index (κ3) is 5.71. The molecule has 0 radical (unpaired) electrons. The molecule has 0 spiro atoms. The first-order chi connectivity index (χ1) is 19.6. The second kappa shape index (κ2) is 11.2.